The van der Waals surface area contributed by atoms with Gasteiger partial charge in [0.05, 0.1) is 13.2 Å². The van der Waals surface area contributed by atoms with Gasteiger partial charge in [-0.3, -0.25) is 4.74 Å². The Morgan fingerprint density at radius 3 is 2.25 bits per heavy atom. The van der Waals surface area contributed by atoms with Gasteiger partial charge in [0.2, 0.25) is 0 Å². The number of alkyl halides is 3. The van der Waals surface area contributed by atoms with Crippen molar-refractivity contribution in [2.75, 3.05) is 13.2 Å². The highest BCUT2D eigenvalue weighted by Gasteiger charge is 2.28. The molecule has 0 rings (SSSR count). The van der Waals surface area contributed by atoms with Crippen LogP contribution in [-0.4, -0.2) is 25.8 Å². The fraction of sp³-hybridized carbons (Fsp3) is 0.800. The van der Waals surface area contributed by atoms with Crippen LogP contribution in [0.5, 0.6) is 0 Å². The van der Waals surface area contributed by atoms with E-state index in [1.54, 1.807) is 0 Å². The summed E-state index contributed by atoms with van der Waals surface area (Å²) < 4.78 is 52.0. The van der Waals surface area contributed by atoms with Crippen molar-refractivity contribution < 1.29 is 31.8 Å². The van der Waals surface area contributed by atoms with E-state index in [1.807, 2.05) is 0 Å². The summed E-state index contributed by atoms with van der Waals surface area (Å²) in [5, 5.41) is 0. The lowest BCUT2D eigenvalue weighted by Crippen LogP contribution is -2.15. The number of carbonyl (C=O) groups excluding carboxylic acids is 1. The second-order valence-corrected chi connectivity index (χ2v) is 1.73. The molecular formula is C5H6F4O3. The monoisotopic (exact) mass is 190 g/mol. The summed E-state index contributed by atoms with van der Waals surface area (Å²) in [5.74, 6) is 0. The van der Waals surface area contributed by atoms with Gasteiger partial charge in [0.15, 0.2) is 0 Å². The molecule has 0 aromatic heterocycles. The van der Waals surface area contributed by atoms with Gasteiger partial charge < -0.3 is 4.74 Å². The summed E-state index contributed by atoms with van der Waals surface area (Å²) in [4.78, 5) is 9.45. The second-order valence-electron chi connectivity index (χ2n) is 1.73. The van der Waals surface area contributed by atoms with Crippen molar-refractivity contribution in [3.8, 4) is 0 Å². The Labute approximate surface area is 65.2 Å². The minimum atomic E-state index is -4.69. The van der Waals surface area contributed by atoms with Crippen molar-refractivity contribution in [2.24, 2.45) is 0 Å². The molecule has 0 unspecified atom stereocenters. The molecule has 0 saturated heterocycles. The Morgan fingerprint density at radius 1 is 1.25 bits per heavy atom. The number of hydrogen-bond donors (Lipinski definition) is 0. The Morgan fingerprint density at radius 2 is 1.83 bits per heavy atom. The van der Waals surface area contributed by atoms with E-state index < -0.39 is 25.8 Å². The average Bonchev–Trinajstić information content (AvgIpc) is 1.83. The maximum absolute atomic E-state index is 11.2. The van der Waals surface area contributed by atoms with Gasteiger partial charge in [0.1, 0.15) is 0 Å². The highest BCUT2D eigenvalue weighted by Crippen LogP contribution is 2.15. The molecule has 0 spiro atoms. The molecule has 0 aliphatic heterocycles. The molecular weight excluding hydrogens is 184 g/mol. The molecule has 0 aliphatic carbocycles. The van der Waals surface area contributed by atoms with E-state index >= 15 is 0 Å². The first-order chi connectivity index (χ1) is 5.42. The Kier molecular flexibility index (Phi) is 4.57. The molecule has 0 aromatic carbocycles. The first-order valence-corrected chi connectivity index (χ1v) is 2.95. The number of carbonyl (C=O) groups is 1. The van der Waals surface area contributed by atoms with Gasteiger partial charge in [-0.25, -0.2) is 4.79 Å². The van der Waals surface area contributed by atoms with Crippen molar-refractivity contribution in [1.82, 2.24) is 0 Å². The van der Waals surface area contributed by atoms with Crippen LogP contribution in [0.25, 0.3) is 0 Å². The normalized spacial score (nSPS) is 11.3. The molecule has 0 aromatic rings. The van der Waals surface area contributed by atoms with Crippen molar-refractivity contribution in [3.05, 3.63) is 0 Å². The standard InChI is InChI=1S/C5H6F4O3/c6-4(10)11-2-1-3-12-5(7,8)9/h1-3H2. The number of rotatable bonds is 4. The Balaban J connectivity index is 3.17. The summed E-state index contributed by atoms with van der Waals surface area (Å²) in [6, 6.07) is 0. The predicted molar refractivity (Wildman–Crippen MR) is 29.1 cm³/mol. The van der Waals surface area contributed by atoms with E-state index in [0.29, 0.717) is 0 Å². The molecule has 3 nitrogen and oxygen atoms in total. The van der Waals surface area contributed by atoms with Gasteiger partial charge >= 0.3 is 12.6 Å². The van der Waals surface area contributed by atoms with Crippen molar-refractivity contribution in [3.63, 3.8) is 0 Å². The third-order valence-corrected chi connectivity index (χ3v) is 0.770. The van der Waals surface area contributed by atoms with Crippen LogP contribution in [-0.2, 0) is 9.47 Å². The molecule has 72 valence electrons. The van der Waals surface area contributed by atoms with E-state index in [2.05, 4.69) is 9.47 Å². The summed E-state index contributed by atoms with van der Waals surface area (Å²) in [6.07, 6.45) is -6.91. The lowest BCUT2D eigenvalue weighted by atomic mass is 10.5. The second kappa shape index (κ2) is 4.91. The van der Waals surface area contributed by atoms with E-state index in [4.69, 9.17) is 0 Å². The summed E-state index contributed by atoms with van der Waals surface area (Å²) in [5.41, 5.74) is 0. The van der Waals surface area contributed by atoms with Gasteiger partial charge in [-0.2, -0.15) is 0 Å². The van der Waals surface area contributed by atoms with Gasteiger partial charge in [-0.1, -0.05) is 0 Å². The maximum Gasteiger partial charge on any atom is 0.522 e. The highest BCUT2D eigenvalue weighted by atomic mass is 19.4. The molecule has 0 bridgehead atoms. The van der Waals surface area contributed by atoms with Crippen LogP contribution in [0.3, 0.4) is 0 Å². The van der Waals surface area contributed by atoms with Gasteiger partial charge in [0, 0.05) is 6.42 Å². The highest BCUT2D eigenvalue weighted by molar-refractivity contribution is 5.57. The largest absolute Gasteiger partial charge is 0.522 e. The smallest absolute Gasteiger partial charge is 0.440 e. The summed E-state index contributed by atoms with van der Waals surface area (Å²) in [7, 11) is 0. The van der Waals surface area contributed by atoms with Gasteiger partial charge in [0.25, 0.3) is 0 Å². The van der Waals surface area contributed by atoms with Crippen molar-refractivity contribution in [1.29, 1.82) is 0 Å². The van der Waals surface area contributed by atoms with Crippen LogP contribution in [0.15, 0.2) is 0 Å². The molecule has 0 aliphatic rings. The molecule has 0 saturated carbocycles. The number of halogens is 4. The van der Waals surface area contributed by atoms with Gasteiger partial charge in [-0.15, -0.1) is 17.6 Å². The predicted octanol–water partition coefficient (Wildman–Crippen LogP) is 2.02. The first-order valence-electron chi connectivity index (χ1n) is 2.95. The van der Waals surface area contributed by atoms with E-state index in [-0.39, 0.29) is 6.42 Å². The average molecular weight is 190 g/mol. The minimum absolute atomic E-state index is 0.199. The third kappa shape index (κ3) is 9.15. The Bertz CT molecular complexity index is 144. The molecule has 0 heterocycles. The van der Waals surface area contributed by atoms with Crippen LogP contribution in [0.2, 0.25) is 0 Å². The molecule has 0 atom stereocenters. The number of hydrogen-bond acceptors (Lipinski definition) is 3. The van der Waals surface area contributed by atoms with Crippen molar-refractivity contribution >= 4 is 6.22 Å². The van der Waals surface area contributed by atoms with Crippen LogP contribution < -0.4 is 0 Å². The van der Waals surface area contributed by atoms with Crippen LogP contribution >= 0.6 is 0 Å². The van der Waals surface area contributed by atoms with E-state index in [0.717, 1.165) is 0 Å². The fourth-order valence-electron chi connectivity index (χ4n) is 0.399. The number of ether oxygens (including phenoxy) is 2. The first kappa shape index (κ1) is 11.2. The van der Waals surface area contributed by atoms with Crippen LogP contribution in [0.4, 0.5) is 22.4 Å². The fourth-order valence-corrected chi connectivity index (χ4v) is 0.399. The molecule has 0 radical (unpaired) electrons. The lowest BCUT2D eigenvalue weighted by Gasteiger charge is -2.05. The molecule has 0 fully saturated rings. The molecule has 0 amide bonds. The molecule has 12 heavy (non-hydrogen) atoms. The summed E-state index contributed by atoms with van der Waals surface area (Å²) >= 11 is 0. The zero-order valence-corrected chi connectivity index (χ0v) is 5.86. The van der Waals surface area contributed by atoms with Crippen LogP contribution in [0.1, 0.15) is 6.42 Å². The Hall–Kier alpha value is -0.850. The summed E-state index contributed by atoms with van der Waals surface area (Å²) in [6.45, 7) is -1.08. The minimum Gasteiger partial charge on any atom is -0.440 e. The maximum atomic E-state index is 11.2. The van der Waals surface area contributed by atoms with E-state index in [1.165, 1.54) is 0 Å². The lowest BCUT2D eigenvalue weighted by molar-refractivity contribution is -0.324. The molecule has 7 heteroatoms. The molecule has 0 N–H and O–H groups in total. The van der Waals surface area contributed by atoms with Gasteiger partial charge in [-0.05, 0) is 0 Å². The SMILES string of the molecule is O=C(F)OCCCOC(F)(F)F. The zero-order chi connectivity index (χ0) is 9.61. The van der Waals surface area contributed by atoms with Crippen molar-refractivity contribution in [2.45, 2.75) is 12.8 Å². The topological polar surface area (TPSA) is 35.5 Å². The third-order valence-electron chi connectivity index (χ3n) is 0.770. The van der Waals surface area contributed by atoms with Crippen LogP contribution in [0, 0.1) is 0 Å². The van der Waals surface area contributed by atoms with E-state index in [9.17, 15) is 22.4 Å². The quantitative estimate of drug-likeness (QED) is 0.386. The zero-order valence-electron chi connectivity index (χ0n) is 5.86.